The number of fused-ring (bicyclic) bond motifs is 12. The summed E-state index contributed by atoms with van der Waals surface area (Å²) in [6.07, 6.45) is 0. The second-order valence-corrected chi connectivity index (χ2v) is 18.6. The number of hydrogen-bond donors (Lipinski definition) is 0. The minimum absolute atomic E-state index is 0.111. The predicted molar refractivity (Wildman–Crippen MR) is 248 cm³/mol. The van der Waals surface area contributed by atoms with Crippen LogP contribution in [-0.4, -0.2) is 4.57 Å². The van der Waals surface area contributed by atoms with Gasteiger partial charge in [-0.2, -0.15) is 0 Å². The third-order valence-electron chi connectivity index (χ3n) is 14.4. The first-order valence-corrected chi connectivity index (χ1v) is 21.1. The van der Waals surface area contributed by atoms with Crippen molar-refractivity contribution in [2.24, 2.45) is 0 Å². The molecule has 1 heterocycles. The van der Waals surface area contributed by atoms with Crippen molar-refractivity contribution < 1.29 is 0 Å². The van der Waals surface area contributed by atoms with Gasteiger partial charge in [-0.15, -0.1) is 0 Å². The van der Waals surface area contributed by atoms with E-state index >= 15 is 0 Å². The first-order valence-electron chi connectivity index (χ1n) is 21.1. The molecule has 0 atom stereocenters. The van der Waals surface area contributed by atoms with E-state index in [2.05, 4.69) is 221 Å². The van der Waals surface area contributed by atoms with Crippen molar-refractivity contribution in [2.75, 3.05) is 4.90 Å². The SMILES string of the molecule is CC1(C)c2ccccc2-c2ccc(N(c3ccc4c(c3)C(C)(C)c3ccccc3-4)c3ccc4c(c3)C(C)(C)c3cccc(-n5c6ccccc6c6ccccc65)c3-4)cc21. The summed E-state index contributed by atoms with van der Waals surface area (Å²) in [5, 5.41) is 2.57. The van der Waals surface area contributed by atoms with Crippen LogP contribution in [0.5, 0.6) is 0 Å². The molecular formula is C57H46N2. The number of aromatic nitrogens is 1. The minimum atomic E-state index is -0.218. The van der Waals surface area contributed by atoms with E-state index in [1.54, 1.807) is 0 Å². The third kappa shape index (κ3) is 4.52. The number of hydrogen-bond acceptors (Lipinski definition) is 1. The third-order valence-corrected chi connectivity index (χ3v) is 14.4. The van der Waals surface area contributed by atoms with E-state index < -0.39 is 0 Å². The molecule has 0 saturated heterocycles. The maximum atomic E-state index is 2.52. The summed E-state index contributed by atoms with van der Waals surface area (Å²) in [4.78, 5) is 2.52. The van der Waals surface area contributed by atoms with Crippen LogP contribution in [0.1, 0.15) is 74.9 Å². The zero-order valence-corrected chi connectivity index (χ0v) is 34.6. The number of rotatable bonds is 4. The lowest BCUT2D eigenvalue weighted by atomic mass is 9.81. The molecular weight excluding hydrogens is 713 g/mol. The summed E-state index contributed by atoms with van der Waals surface area (Å²) in [6.45, 7) is 14.3. The second-order valence-electron chi connectivity index (χ2n) is 18.6. The second kappa shape index (κ2) is 11.7. The molecule has 284 valence electrons. The van der Waals surface area contributed by atoms with Gasteiger partial charge in [0.15, 0.2) is 0 Å². The molecule has 9 aromatic rings. The van der Waals surface area contributed by atoms with Gasteiger partial charge in [0.25, 0.3) is 0 Å². The minimum Gasteiger partial charge on any atom is -0.310 e. The first-order chi connectivity index (χ1) is 28.5. The molecule has 0 spiro atoms. The smallest absolute Gasteiger partial charge is 0.0543 e. The van der Waals surface area contributed by atoms with E-state index in [1.807, 2.05) is 0 Å². The molecule has 3 aliphatic carbocycles. The summed E-state index contributed by atoms with van der Waals surface area (Å²) < 4.78 is 2.49. The molecule has 8 aromatic carbocycles. The molecule has 0 aliphatic heterocycles. The molecule has 2 nitrogen and oxygen atoms in total. The number of nitrogens with zero attached hydrogens (tertiary/aromatic N) is 2. The van der Waals surface area contributed by atoms with Crippen molar-refractivity contribution in [3.8, 4) is 39.1 Å². The van der Waals surface area contributed by atoms with E-state index in [4.69, 9.17) is 0 Å². The maximum absolute atomic E-state index is 2.52. The largest absolute Gasteiger partial charge is 0.310 e. The van der Waals surface area contributed by atoms with Crippen molar-refractivity contribution in [3.63, 3.8) is 0 Å². The standard InChI is InChI=1S/C57H46N2/c1-55(2)45-20-11-7-16-38(45)40-29-26-35(32-48(40)55)58(36-27-30-41-39-17-8-12-21-46(39)56(3,4)49(41)33-36)37-28-31-44-50(34-37)57(5,6)47-22-15-25-53(54(44)47)59-51-23-13-9-18-42(51)43-19-10-14-24-52(43)59/h7-34H,1-6H3. The molecule has 0 fully saturated rings. The van der Waals surface area contributed by atoms with Crippen LogP contribution in [-0.2, 0) is 16.2 Å². The highest BCUT2D eigenvalue weighted by atomic mass is 15.1. The average molecular weight is 759 g/mol. The van der Waals surface area contributed by atoms with Crippen LogP contribution in [0.4, 0.5) is 17.1 Å². The van der Waals surface area contributed by atoms with E-state index in [-0.39, 0.29) is 16.2 Å². The lowest BCUT2D eigenvalue weighted by Gasteiger charge is -2.31. The summed E-state index contributed by atoms with van der Waals surface area (Å²) in [5.41, 5.74) is 23.0. The monoisotopic (exact) mass is 758 g/mol. The van der Waals surface area contributed by atoms with E-state index in [0.717, 1.165) is 0 Å². The lowest BCUT2D eigenvalue weighted by Crippen LogP contribution is -2.19. The molecule has 0 N–H and O–H groups in total. The summed E-state index contributed by atoms with van der Waals surface area (Å²) in [7, 11) is 0. The van der Waals surface area contributed by atoms with Crippen molar-refractivity contribution in [2.45, 2.75) is 57.8 Å². The Kier molecular flexibility index (Phi) is 6.84. The van der Waals surface area contributed by atoms with Crippen molar-refractivity contribution in [3.05, 3.63) is 203 Å². The quantitative estimate of drug-likeness (QED) is 0.174. The van der Waals surface area contributed by atoms with Crippen molar-refractivity contribution in [1.29, 1.82) is 0 Å². The van der Waals surface area contributed by atoms with Crippen molar-refractivity contribution >= 4 is 38.9 Å². The molecule has 0 saturated carbocycles. The Morgan fingerprint density at radius 2 is 0.729 bits per heavy atom. The van der Waals surface area contributed by atoms with Crippen LogP contribution >= 0.6 is 0 Å². The normalized spacial score (nSPS) is 15.7. The van der Waals surface area contributed by atoms with Gasteiger partial charge in [0.1, 0.15) is 0 Å². The van der Waals surface area contributed by atoms with E-state index in [1.165, 1.54) is 111 Å². The van der Waals surface area contributed by atoms with Gasteiger partial charge in [0.2, 0.25) is 0 Å². The number of benzene rings is 8. The Morgan fingerprint density at radius 1 is 0.339 bits per heavy atom. The van der Waals surface area contributed by atoms with Gasteiger partial charge < -0.3 is 9.47 Å². The Balaban J connectivity index is 1.07. The Labute approximate surface area is 347 Å². The Morgan fingerprint density at radius 3 is 1.25 bits per heavy atom. The van der Waals surface area contributed by atoms with Gasteiger partial charge in [-0.25, -0.2) is 0 Å². The highest BCUT2D eigenvalue weighted by Gasteiger charge is 2.40. The van der Waals surface area contributed by atoms with Gasteiger partial charge in [0.05, 0.1) is 16.7 Å². The lowest BCUT2D eigenvalue weighted by molar-refractivity contribution is 0.659. The molecule has 2 heteroatoms. The van der Waals surface area contributed by atoms with Crippen LogP contribution in [0.3, 0.4) is 0 Å². The van der Waals surface area contributed by atoms with Crippen LogP contribution in [0, 0.1) is 0 Å². The average Bonchev–Trinajstić information content (AvgIpc) is 3.87. The number of para-hydroxylation sites is 2. The highest BCUT2D eigenvalue weighted by Crippen LogP contribution is 2.56. The molecule has 1 aromatic heterocycles. The highest BCUT2D eigenvalue weighted by molar-refractivity contribution is 6.10. The van der Waals surface area contributed by atoms with Crippen LogP contribution in [0.2, 0.25) is 0 Å². The zero-order chi connectivity index (χ0) is 40.0. The predicted octanol–water partition coefficient (Wildman–Crippen LogP) is 15.2. The van der Waals surface area contributed by atoms with Crippen LogP contribution in [0.25, 0.3) is 60.9 Å². The van der Waals surface area contributed by atoms with Crippen LogP contribution in [0.15, 0.2) is 170 Å². The fraction of sp³-hybridized carbons (Fsp3) is 0.158. The van der Waals surface area contributed by atoms with E-state index in [9.17, 15) is 0 Å². The van der Waals surface area contributed by atoms with Gasteiger partial charge in [-0.05, 0) is 116 Å². The molecule has 0 amide bonds. The topological polar surface area (TPSA) is 8.17 Å². The molecule has 0 unspecified atom stereocenters. The molecule has 0 bridgehead atoms. The summed E-state index contributed by atoms with van der Waals surface area (Å²) >= 11 is 0. The summed E-state index contributed by atoms with van der Waals surface area (Å²) in [5.74, 6) is 0. The molecule has 12 rings (SSSR count). The van der Waals surface area contributed by atoms with Crippen LogP contribution < -0.4 is 4.90 Å². The van der Waals surface area contributed by atoms with Gasteiger partial charge in [-0.1, -0.05) is 157 Å². The molecule has 0 radical (unpaired) electrons. The fourth-order valence-corrected chi connectivity index (χ4v) is 11.4. The maximum Gasteiger partial charge on any atom is 0.0543 e. The molecule has 3 aliphatic rings. The Bertz CT molecular complexity index is 3100. The van der Waals surface area contributed by atoms with Gasteiger partial charge in [0, 0.05) is 49.6 Å². The molecule has 59 heavy (non-hydrogen) atoms. The zero-order valence-electron chi connectivity index (χ0n) is 34.6. The van der Waals surface area contributed by atoms with E-state index in [0.29, 0.717) is 0 Å². The fourth-order valence-electron chi connectivity index (χ4n) is 11.4. The van der Waals surface area contributed by atoms with Crippen molar-refractivity contribution in [1.82, 2.24) is 4.57 Å². The first kappa shape index (κ1) is 34.4. The van der Waals surface area contributed by atoms with Gasteiger partial charge in [-0.3, -0.25) is 0 Å². The summed E-state index contributed by atoms with van der Waals surface area (Å²) in [6, 6.07) is 64.1. The Hall–Kier alpha value is -6.64. The van der Waals surface area contributed by atoms with Gasteiger partial charge >= 0.3 is 0 Å². The number of anilines is 3.